The molecule has 7 heteroatoms. The predicted molar refractivity (Wildman–Crippen MR) is 128 cm³/mol. The molecule has 0 saturated carbocycles. The van der Waals surface area contributed by atoms with Crippen molar-refractivity contribution in [3.63, 3.8) is 0 Å². The second-order valence-corrected chi connectivity index (χ2v) is 10.8. The number of hydrogen-bond donors (Lipinski definition) is 0. The Hall–Kier alpha value is -0.300. The molecule has 0 unspecified atom stereocenters. The van der Waals surface area contributed by atoms with Gasteiger partial charge in [-0.25, -0.2) is 0 Å². The van der Waals surface area contributed by atoms with E-state index in [1.807, 2.05) is 0 Å². The lowest BCUT2D eigenvalue weighted by Gasteiger charge is -2.08. The van der Waals surface area contributed by atoms with E-state index in [-0.39, 0.29) is 6.61 Å². The normalized spacial score (nSPS) is 12.5. The lowest BCUT2D eigenvalue weighted by atomic mass is 10.0. The number of hydrogen-bond acceptors (Lipinski definition) is 3. The molecule has 0 fully saturated rings. The molecule has 0 spiro atoms. The van der Waals surface area contributed by atoms with Crippen molar-refractivity contribution in [2.75, 3.05) is 6.61 Å². The van der Waals surface area contributed by atoms with E-state index in [1.54, 1.807) is 0 Å². The van der Waals surface area contributed by atoms with Crippen molar-refractivity contribution in [1.82, 2.24) is 0 Å². The lowest BCUT2D eigenvalue weighted by molar-refractivity contribution is -0.0542. The van der Waals surface area contributed by atoms with Crippen LogP contribution in [0.4, 0.5) is 13.2 Å². The first-order valence-corrected chi connectivity index (χ1v) is 14.7. The Bertz CT molecular complexity index is 493. The summed E-state index contributed by atoms with van der Waals surface area (Å²) < 4.78 is 61.7. The molecule has 0 bridgehead atoms. The first-order chi connectivity index (χ1) is 15.3. The summed E-state index contributed by atoms with van der Waals surface area (Å²) in [5.74, 6) is 0. The lowest BCUT2D eigenvalue weighted by Crippen LogP contribution is -2.25. The Labute approximate surface area is 196 Å². The summed E-state index contributed by atoms with van der Waals surface area (Å²) in [6.07, 6.45) is 27.3. The Morgan fingerprint density at radius 1 is 0.500 bits per heavy atom. The fraction of sp³-hybridized carbons (Fsp3) is 1.00. The maximum absolute atomic E-state index is 12.1. The molecule has 0 saturated heterocycles. The van der Waals surface area contributed by atoms with Gasteiger partial charge in [-0.2, -0.15) is 21.6 Å². The third kappa shape index (κ3) is 20.3. The molecule has 3 nitrogen and oxygen atoms in total. The molecule has 0 atom stereocenters. The number of halogens is 3. The highest BCUT2D eigenvalue weighted by Gasteiger charge is 2.47. The Morgan fingerprint density at radius 2 is 0.750 bits per heavy atom. The summed E-state index contributed by atoms with van der Waals surface area (Å²) in [7, 11) is -5.42. The average molecular weight is 487 g/mol. The van der Waals surface area contributed by atoms with Gasteiger partial charge >= 0.3 is 15.6 Å². The first-order valence-electron chi connectivity index (χ1n) is 13.3. The molecule has 0 amide bonds. The van der Waals surface area contributed by atoms with Crippen molar-refractivity contribution in [3.05, 3.63) is 0 Å². The van der Waals surface area contributed by atoms with Gasteiger partial charge in [-0.3, -0.25) is 4.18 Å². The Balaban J connectivity index is 3.17. The molecule has 32 heavy (non-hydrogen) atoms. The van der Waals surface area contributed by atoms with E-state index in [1.165, 1.54) is 109 Å². The van der Waals surface area contributed by atoms with E-state index in [9.17, 15) is 21.6 Å². The van der Waals surface area contributed by atoms with Crippen LogP contribution in [-0.4, -0.2) is 20.5 Å². The van der Waals surface area contributed by atoms with Crippen molar-refractivity contribution in [2.24, 2.45) is 0 Å². The second-order valence-electron chi connectivity index (χ2n) is 9.15. The summed E-state index contributed by atoms with van der Waals surface area (Å²) in [4.78, 5) is 0. The van der Waals surface area contributed by atoms with Crippen molar-refractivity contribution < 1.29 is 25.8 Å². The van der Waals surface area contributed by atoms with E-state index < -0.39 is 15.6 Å². The van der Waals surface area contributed by atoms with Gasteiger partial charge in [0.1, 0.15) is 0 Å². The van der Waals surface area contributed by atoms with Gasteiger partial charge in [-0.1, -0.05) is 142 Å². The molecule has 194 valence electrons. The third-order valence-corrected chi connectivity index (χ3v) is 7.06. The molecule has 0 aliphatic carbocycles. The van der Waals surface area contributed by atoms with Crippen LogP contribution in [0.15, 0.2) is 0 Å². The van der Waals surface area contributed by atoms with Crippen molar-refractivity contribution >= 4 is 10.1 Å². The van der Waals surface area contributed by atoms with Gasteiger partial charge in [0.15, 0.2) is 0 Å². The largest absolute Gasteiger partial charge is 0.523 e. The second kappa shape index (κ2) is 21.2. The summed E-state index contributed by atoms with van der Waals surface area (Å²) in [6.45, 7) is 1.88. The SMILES string of the molecule is CCCCCCCCCCCCCCCCCCCCCCCCOS(=O)(=O)C(F)(F)F. The maximum Gasteiger partial charge on any atom is 0.523 e. The molecule has 0 rings (SSSR count). The van der Waals surface area contributed by atoms with Crippen LogP contribution >= 0.6 is 0 Å². The monoisotopic (exact) mass is 486 g/mol. The van der Waals surface area contributed by atoms with E-state index >= 15 is 0 Å². The van der Waals surface area contributed by atoms with Gasteiger partial charge in [-0.15, -0.1) is 0 Å². The summed E-state index contributed by atoms with van der Waals surface area (Å²) in [5.41, 5.74) is -5.32. The molecular formula is C25H49F3O3S. The summed E-state index contributed by atoms with van der Waals surface area (Å²) in [6, 6.07) is 0. The van der Waals surface area contributed by atoms with Crippen LogP contribution in [0.3, 0.4) is 0 Å². The highest BCUT2D eigenvalue weighted by atomic mass is 32.2. The van der Waals surface area contributed by atoms with Crippen LogP contribution in [0.25, 0.3) is 0 Å². The van der Waals surface area contributed by atoms with E-state index in [2.05, 4.69) is 11.1 Å². The van der Waals surface area contributed by atoms with Gasteiger partial charge in [0, 0.05) is 0 Å². The predicted octanol–water partition coefficient (Wildman–Crippen LogP) is 9.45. The molecule has 0 radical (unpaired) electrons. The summed E-state index contributed by atoms with van der Waals surface area (Å²) in [5, 5.41) is 0. The minimum atomic E-state index is -5.42. The topological polar surface area (TPSA) is 43.4 Å². The van der Waals surface area contributed by atoms with Crippen LogP contribution in [0.5, 0.6) is 0 Å². The molecule has 0 aromatic heterocycles. The summed E-state index contributed by atoms with van der Waals surface area (Å²) >= 11 is 0. The smallest absolute Gasteiger partial charge is 0.263 e. The molecule has 0 N–H and O–H groups in total. The van der Waals surface area contributed by atoms with Crippen molar-refractivity contribution in [1.29, 1.82) is 0 Å². The maximum atomic E-state index is 12.1. The van der Waals surface area contributed by atoms with Crippen LogP contribution < -0.4 is 0 Å². The van der Waals surface area contributed by atoms with Crippen LogP contribution in [0.1, 0.15) is 148 Å². The van der Waals surface area contributed by atoms with Gasteiger partial charge < -0.3 is 0 Å². The molecule has 0 aromatic rings. The van der Waals surface area contributed by atoms with Crippen LogP contribution in [0, 0.1) is 0 Å². The molecular weight excluding hydrogens is 437 g/mol. The van der Waals surface area contributed by atoms with Gasteiger partial charge in [-0.05, 0) is 6.42 Å². The quantitative estimate of drug-likeness (QED) is 0.0775. The number of rotatable bonds is 24. The Morgan fingerprint density at radius 3 is 1.00 bits per heavy atom. The highest BCUT2D eigenvalue weighted by molar-refractivity contribution is 7.87. The van der Waals surface area contributed by atoms with Gasteiger partial charge in [0.2, 0.25) is 0 Å². The molecule has 0 aliphatic heterocycles. The number of unbranched alkanes of at least 4 members (excludes halogenated alkanes) is 21. The molecule has 0 aliphatic rings. The van der Waals surface area contributed by atoms with Gasteiger partial charge in [0.25, 0.3) is 0 Å². The van der Waals surface area contributed by atoms with E-state index in [0.29, 0.717) is 12.8 Å². The highest BCUT2D eigenvalue weighted by Crippen LogP contribution is 2.24. The van der Waals surface area contributed by atoms with Gasteiger partial charge in [0.05, 0.1) is 6.61 Å². The molecule has 0 heterocycles. The van der Waals surface area contributed by atoms with E-state index in [0.717, 1.165) is 19.3 Å². The Kier molecular flexibility index (Phi) is 21.0. The average Bonchev–Trinajstić information content (AvgIpc) is 2.73. The zero-order valence-electron chi connectivity index (χ0n) is 20.5. The molecule has 0 aromatic carbocycles. The zero-order valence-corrected chi connectivity index (χ0v) is 21.3. The minimum Gasteiger partial charge on any atom is -0.263 e. The number of alkyl halides is 3. The standard InChI is InChI=1S/C25H49F3O3S/c1-2-3-4-5-6-7-8-9-10-11-12-13-14-15-16-17-18-19-20-21-22-23-24-31-32(29,30)25(26,27)28/h2-24H2,1H3. The van der Waals surface area contributed by atoms with E-state index in [4.69, 9.17) is 0 Å². The zero-order chi connectivity index (χ0) is 24.0. The first kappa shape index (κ1) is 31.7. The van der Waals surface area contributed by atoms with Crippen LogP contribution in [0.2, 0.25) is 0 Å². The van der Waals surface area contributed by atoms with Crippen molar-refractivity contribution in [3.8, 4) is 0 Å². The van der Waals surface area contributed by atoms with Crippen LogP contribution in [-0.2, 0) is 14.3 Å². The fourth-order valence-electron chi connectivity index (χ4n) is 3.95. The third-order valence-electron chi connectivity index (χ3n) is 6.02. The minimum absolute atomic E-state index is 0.342. The fourth-order valence-corrected chi connectivity index (χ4v) is 4.42. The van der Waals surface area contributed by atoms with Crippen molar-refractivity contribution in [2.45, 2.75) is 154 Å².